The van der Waals surface area contributed by atoms with Gasteiger partial charge in [-0.05, 0) is 67.0 Å². The van der Waals surface area contributed by atoms with E-state index < -0.39 is 18.2 Å². The molecule has 27 heavy (non-hydrogen) atoms. The zero-order valence-corrected chi connectivity index (χ0v) is 14.9. The van der Waals surface area contributed by atoms with Crippen LogP contribution in [0.3, 0.4) is 0 Å². The lowest BCUT2D eigenvalue weighted by atomic mass is 9.82. The lowest BCUT2D eigenvalue weighted by Gasteiger charge is -2.22. The second-order valence-electron chi connectivity index (χ2n) is 6.72. The van der Waals surface area contributed by atoms with Crippen molar-refractivity contribution in [3.05, 3.63) is 66.5 Å². The first kappa shape index (κ1) is 19.1. The van der Waals surface area contributed by atoms with Crippen LogP contribution in [0.2, 0.25) is 0 Å². The molecule has 0 amide bonds. The Hall–Kier alpha value is -2.67. The highest BCUT2D eigenvalue weighted by Gasteiger charge is 2.17. The maximum absolute atomic E-state index is 13.9. The van der Waals surface area contributed by atoms with Crippen LogP contribution in [0.5, 0.6) is 5.75 Å². The maximum atomic E-state index is 13.9. The van der Waals surface area contributed by atoms with Gasteiger partial charge in [0.15, 0.2) is 11.6 Å². The second kappa shape index (κ2) is 8.81. The third-order valence-corrected chi connectivity index (χ3v) is 4.89. The molecule has 1 nitrogen and oxygen atoms in total. The van der Waals surface area contributed by atoms with E-state index in [9.17, 15) is 13.2 Å². The Bertz CT molecular complexity index is 838. The molecule has 0 atom stereocenters. The number of ether oxygens (including phenoxy) is 1. The van der Waals surface area contributed by atoms with Crippen LogP contribution in [0.4, 0.5) is 13.2 Å². The summed E-state index contributed by atoms with van der Waals surface area (Å²) in [4.78, 5) is 0. The molecule has 1 fully saturated rings. The van der Waals surface area contributed by atoms with E-state index in [-0.39, 0.29) is 0 Å². The van der Waals surface area contributed by atoms with E-state index in [0.717, 1.165) is 36.8 Å². The van der Waals surface area contributed by atoms with E-state index in [1.165, 1.54) is 12.1 Å². The van der Waals surface area contributed by atoms with E-state index in [0.29, 0.717) is 17.4 Å². The first-order valence-corrected chi connectivity index (χ1v) is 9.04. The van der Waals surface area contributed by atoms with Crippen molar-refractivity contribution in [2.45, 2.75) is 32.3 Å². The monoisotopic (exact) mass is 370 g/mol. The molecule has 1 aliphatic rings. The Morgan fingerprint density at radius 2 is 1.67 bits per heavy atom. The summed E-state index contributed by atoms with van der Waals surface area (Å²) in [5, 5.41) is 0. The maximum Gasteiger partial charge on any atom is 0.387 e. The molecule has 0 aliphatic heterocycles. The fourth-order valence-corrected chi connectivity index (χ4v) is 3.30. The number of rotatable bonds is 4. The summed E-state index contributed by atoms with van der Waals surface area (Å²) in [6, 6.07) is 11.4. The van der Waals surface area contributed by atoms with Gasteiger partial charge < -0.3 is 4.74 Å². The average molecular weight is 370 g/mol. The smallest absolute Gasteiger partial charge is 0.387 e. The van der Waals surface area contributed by atoms with Crippen LogP contribution in [0.15, 0.2) is 55.1 Å². The van der Waals surface area contributed by atoms with Gasteiger partial charge in [0.05, 0.1) is 0 Å². The number of alkyl halides is 2. The zero-order valence-electron chi connectivity index (χ0n) is 14.9. The first-order chi connectivity index (χ1) is 13.0. The topological polar surface area (TPSA) is 9.23 Å². The van der Waals surface area contributed by atoms with Gasteiger partial charge in [-0.2, -0.15) is 8.78 Å². The zero-order chi connectivity index (χ0) is 19.2. The molecule has 0 bridgehead atoms. The van der Waals surface area contributed by atoms with Gasteiger partial charge in [0.1, 0.15) is 0 Å². The summed E-state index contributed by atoms with van der Waals surface area (Å²) in [6.07, 6.45) is 6.55. The Balaban J connectivity index is 1.67. The second-order valence-corrected chi connectivity index (χ2v) is 6.72. The van der Waals surface area contributed by atoms with E-state index >= 15 is 0 Å². The molecule has 0 saturated heterocycles. The molecular weight excluding hydrogens is 349 g/mol. The highest BCUT2D eigenvalue weighted by atomic mass is 19.3. The Kier molecular flexibility index (Phi) is 6.24. The normalized spacial score (nSPS) is 19.3. The highest BCUT2D eigenvalue weighted by molar-refractivity contribution is 5.65. The van der Waals surface area contributed by atoms with Crippen LogP contribution in [0, 0.1) is 29.5 Å². The van der Waals surface area contributed by atoms with Crippen LogP contribution in [-0.4, -0.2) is 6.61 Å². The average Bonchev–Trinajstić information content (AvgIpc) is 2.68. The molecule has 2 aromatic rings. The Morgan fingerprint density at radius 3 is 2.26 bits per heavy atom. The predicted octanol–water partition coefficient (Wildman–Crippen LogP) is 6.44. The van der Waals surface area contributed by atoms with Crippen molar-refractivity contribution < 1.29 is 17.9 Å². The first-order valence-electron chi connectivity index (χ1n) is 9.04. The van der Waals surface area contributed by atoms with Crippen molar-refractivity contribution in [1.82, 2.24) is 0 Å². The van der Waals surface area contributed by atoms with Gasteiger partial charge in [-0.1, -0.05) is 36.1 Å². The summed E-state index contributed by atoms with van der Waals surface area (Å²) in [5.41, 5.74) is 2.29. The summed E-state index contributed by atoms with van der Waals surface area (Å²) < 4.78 is 42.4. The van der Waals surface area contributed by atoms with Gasteiger partial charge in [0, 0.05) is 11.5 Å². The molecule has 1 aliphatic carbocycles. The van der Waals surface area contributed by atoms with Crippen LogP contribution in [0.1, 0.15) is 31.2 Å². The van der Waals surface area contributed by atoms with Crippen LogP contribution < -0.4 is 4.74 Å². The van der Waals surface area contributed by atoms with Crippen molar-refractivity contribution in [3.8, 4) is 28.7 Å². The van der Waals surface area contributed by atoms with Crippen molar-refractivity contribution in [2.24, 2.45) is 11.8 Å². The summed E-state index contributed by atoms with van der Waals surface area (Å²) in [6.45, 7) is 0.813. The summed E-state index contributed by atoms with van der Waals surface area (Å²) in [5.74, 6) is 6.34. The molecule has 2 aromatic carbocycles. The van der Waals surface area contributed by atoms with Crippen LogP contribution >= 0.6 is 0 Å². The van der Waals surface area contributed by atoms with Crippen LogP contribution in [-0.2, 0) is 0 Å². The van der Waals surface area contributed by atoms with E-state index in [2.05, 4.69) is 23.2 Å². The van der Waals surface area contributed by atoms with Gasteiger partial charge in [-0.3, -0.25) is 0 Å². The van der Waals surface area contributed by atoms with Crippen molar-refractivity contribution in [3.63, 3.8) is 0 Å². The highest BCUT2D eigenvalue weighted by Crippen LogP contribution is 2.29. The fourth-order valence-electron chi connectivity index (χ4n) is 3.30. The molecule has 0 heterocycles. The molecule has 0 radical (unpaired) electrons. The van der Waals surface area contributed by atoms with Gasteiger partial charge in [-0.15, -0.1) is 6.58 Å². The van der Waals surface area contributed by atoms with Gasteiger partial charge >= 0.3 is 6.61 Å². The van der Waals surface area contributed by atoms with Crippen molar-refractivity contribution in [1.29, 1.82) is 0 Å². The lowest BCUT2D eigenvalue weighted by Crippen LogP contribution is -2.11. The van der Waals surface area contributed by atoms with E-state index in [1.54, 1.807) is 6.07 Å². The molecule has 3 rings (SSSR count). The molecule has 0 unspecified atom stereocenters. The van der Waals surface area contributed by atoms with Crippen LogP contribution in [0.25, 0.3) is 11.1 Å². The minimum Gasteiger partial charge on any atom is -0.432 e. The molecule has 0 aromatic heterocycles. The summed E-state index contributed by atoms with van der Waals surface area (Å²) >= 11 is 0. The Labute approximate surface area is 157 Å². The fraction of sp³-hybridized carbons (Fsp3) is 0.304. The molecule has 140 valence electrons. The molecule has 4 heteroatoms. The number of hydrogen-bond acceptors (Lipinski definition) is 1. The number of hydrogen-bond donors (Lipinski definition) is 0. The van der Waals surface area contributed by atoms with E-state index in [1.807, 2.05) is 30.3 Å². The SMILES string of the molecule is C=CC1CCC(C#Cc2ccc(-c3ccc(OC(F)F)c(F)c3)cc2)CC1. The van der Waals surface area contributed by atoms with Gasteiger partial charge in [0.2, 0.25) is 0 Å². The Morgan fingerprint density at radius 1 is 1.00 bits per heavy atom. The van der Waals surface area contributed by atoms with Gasteiger partial charge in [0.25, 0.3) is 0 Å². The largest absolute Gasteiger partial charge is 0.432 e. The molecule has 0 spiro atoms. The quantitative estimate of drug-likeness (QED) is 0.445. The standard InChI is InChI=1S/C23H21F3O/c1-2-16-3-5-17(6-4-16)7-8-18-9-11-19(12-10-18)20-13-14-22(21(24)15-20)27-23(25)26/h2,9-17,23H,1,3-6H2. The van der Waals surface area contributed by atoms with E-state index in [4.69, 9.17) is 0 Å². The van der Waals surface area contributed by atoms with Gasteiger partial charge in [-0.25, -0.2) is 4.39 Å². The minimum atomic E-state index is -3.05. The third-order valence-electron chi connectivity index (χ3n) is 4.89. The van der Waals surface area contributed by atoms with Crippen molar-refractivity contribution >= 4 is 0 Å². The minimum absolute atomic E-state index is 0.428. The third kappa shape index (κ3) is 5.17. The molecular formula is C23H21F3O. The number of halogens is 3. The predicted molar refractivity (Wildman–Crippen MR) is 101 cm³/mol. The summed E-state index contributed by atoms with van der Waals surface area (Å²) in [7, 11) is 0. The number of benzene rings is 2. The van der Waals surface area contributed by atoms with Crippen molar-refractivity contribution in [2.75, 3.05) is 0 Å². The molecule has 0 N–H and O–H groups in total. The lowest BCUT2D eigenvalue weighted by molar-refractivity contribution is -0.0521. The number of allylic oxidation sites excluding steroid dienone is 1. The molecule has 1 saturated carbocycles.